The zero-order valence-electron chi connectivity index (χ0n) is 13.7. The largest absolute Gasteiger partial charge is 0.454 e. The molecule has 0 spiro atoms. The van der Waals surface area contributed by atoms with Gasteiger partial charge in [0.25, 0.3) is 5.91 Å². The second kappa shape index (κ2) is 6.75. The van der Waals surface area contributed by atoms with E-state index in [1.54, 1.807) is 22.9 Å². The standard InChI is InChI=1S/C17H14BrN5O3/c1-10(16-20-21-22-23(16)13-4-2-3-12(18)8-13)19-17(24)11-5-6-14-15(7-11)26-9-25-14/h2-8,10H,9H2,1H3,(H,19,24). The van der Waals surface area contributed by atoms with Gasteiger partial charge in [0.1, 0.15) is 0 Å². The highest BCUT2D eigenvalue weighted by molar-refractivity contribution is 9.10. The van der Waals surface area contributed by atoms with Crippen molar-refractivity contribution in [1.82, 2.24) is 25.5 Å². The smallest absolute Gasteiger partial charge is 0.252 e. The van der Waals surface area contributed by atoms with E-state index in [4.69, 9.17) is 9.47 Å². The molecule has 26 heavy (non-hydrogen) atoms. The Bertz CT molecular complexity index is 975. The molecular weight excluding hydrogens is 402 g/mol. The van der Waals surface area contributed by atoms with Gasteiger partial charge in [-0.2, -0.15) is 4.68 Å². The van der Waals surface area contributed by atoms with Gasteiger partial charge in [-0.25, -0.2) is 0 Å². The van der Waals surface area contributed by atoms with Gasteiger partial charge in [0.2, 0.25) is 6.79 Å². The van der Waals surface area contributed by atoms with E-state index in [0.717, 1.165) is 10.2 Å². The lowest BCUT2D eigenvalue weighted by Gasteiger charge is -2.14. The van der Waals surface area contributed by atoms with E-state index in [-0.39, 0.29) is 12.7 Å². The molecule has 1 atom stereocenters. The number of hydrogen-bond acceptors (Lipinski definition) is 6. The Morgan fingerprint density at radius 2 is 2.08 bits per heavy atom. The van der Waals surface area contributed by atoms with Crippen molar-refractivity contribution in [2.24, 2.45) is 0 Å². The number of nitrogens with one attached hydrogen (secondary N) is 1. The maximum absolute atomic E-state index is 12.6. The Hall–Kier alpha value is -2.94. The normalized spacial score (nSPS) is 13.5. The van der Waals surface area contributed by atoms with E-state index >= 15 is 0 Å². The summed E-state index contributed by atoms with van der Waals surface area (Å²) in [6.07, 6.45) is 0. The third-order valence-corrected chi connectivity index (χ3v) is 4.41. The summed E-state index contributed by atoms with van der Waals surface area (Å²) in [5.74, 6) is 1.47. The average molecular weight is 416 g/mol. The van der Waals surface area contributed by atoms with Crippen LogP contribution in [0.3, 0.4) is 0 Å². The lowest BCUT2D eigenvalue weighted by atomic mass is 10.1. The van der Waals surface area contributed by atoms with Crippen LogP contribution >= 0.6 is 15.9 Å². The third kappa shape index (κ3) is 3.13. The quantitative estimate of drug-likeness (QED) is 0.703. The summed E-state index contributed by atoms with van der Waals surface area (Å²) >= 11 is 3.43. The molecule has 1 aromatic heterocycles. The number of nitrogens with zero attached hydrogens (tertiary/aromatic N) is 4. The summed E-state index contributed by atoms with van der Waals surface area (Å²) in [7, 11) is 0. The zero-order chi connectivity index (χ0) is 18.1. The molecule has 0 fully saturated rings. The summed E-state index contributed by atoms with van der Waals surface area (Å²) in [4.78, 5) is 12.6. The minimum absolute atomic E-state index is 0.165. The van der Waals surface area contributed by atoms with Gasteiger partial charge >= 0.3 is 0 Å². The number of fused-ring (bicyclic) bond motifs is 1. The van der Waals surface area contributed by atoms with Crippen LogP contribution in [-0.2, 0) is 0 Å². The van der Waals surface area contributed by atoms with E-state index in [1.165, 1.54) is 0 Å². The maximum Gasteiger partial charge on any atom is 0.252 e. The fourth-order valence-electron chi connectivity index (χ4n) is 2.64. The molecule has 2 aromatic carbocycles. The fourth-order valence-corrected chi connectivity index (χ4v) is 3.03. The number of halogens is 1. The number of ether oxygens (including phenoxy) is 2. The number of carbonyl (C=O) groups is 1. The van der Waals surface area contributed by atoms with Crippen LogP contribution in [0.15, 0.2) is 46.9 Å². The summed E-state index contributed by atoms with van der Waals surface area (Å²) in [5, 5.41) is 14.7. The molecule has 0 aliphatic carbocycles. The molecule has 1 aliphatic heterocycles. The molecule has 2 heterocycles. The van der Waals surface area contributed by atoms with Crippen LogP contribution in [-0.4, -0.2) is 32.9 Å². The van der Waals surface area contributed by atoms with Crippen molar-refractivity contribution >= 4 is 21.8 Å². The number of amides is 1. The van der Waals surface area contributed by atoms with Gasteiger partial charge in [-0.1, -0.05) is 22.0 Å². The van der Waals surface area contributed by atoms with Crippen molar-refractivity contribution in [3.63, 3.8) is 0 Å². The third-order valence-electron chi connectivity index (χ3n) is 3.92. The molecule has 1 N–H and O–H groups in total. The number of hydrogen-bond donors (Lipinski definition) is 1. The highest BCUT2D eigenvalue weighted by Gasteiger charge is 2.21. The lowest BCUT2D eigenvalue weighted by molar-refractivity contribution is 0.0937. The van der Waals surface area contributed by atoms with E-state index in [1.807, 2.05) is 31.2 Å². The number of aromatic nitrogens is 4. The summed E-state index contributed by atoms with van der Waals surface area (Å²) in [6.45, 7) is 1.99. The molecule has 1 amide bonds. The van der Waals surface area contributed by atoms with Crippen molar-refractivity contribution in [3.05, 3.63) is 58.3 Å². The first kappa shape index (κ1) is 16.5. The molecule has 132 valence electrons. The fraction of sp³-hybridized carbons (Fsp3) is 0.176. The van der Waals surface area contributed by atoms with E-state index in [0.29, 0.717) is 22.9 Å². The SMILES string of the molecule is CC(NC(=O)c1ccc2c(c1)OCO2)c1nnnn1-c1cccc(Br)c1. The second-order valence-electron chi connectivity index (χ2n) is 5.69. The molecule has 0 saturated carbocycles. The van der Waals surface area contributed by atoms with Crippen molar-refractivity contribution in [3.8, 4) is 17.2 Å². The molecule has 9 heteroatoms. The van der Waals surface area contributed by atoms with Gasteiger partial charge in [0.05, 0.1) is 11.7 Å². The topological polar surface area (TPSA) is 91.2 Å². The van der Waals surface area contributed by atoms with Crippen molar-refractivity contribution in [1.29, 1.82) is 0 Å². The molecule has 1 unspecified atom stereocenters. The van der Waals surface area contributed by atoms with Gasteiger partial charge in [-0.15, -0.1) is 5.10 Å². The Labute approximate surface area is 157 Å². The van der Waals surface area contributed by atoms with Crippen LogP contribution in [0.5, 0.6) is 11.5 Å². The first-order valence-electron chi connectivity index (χ1n) is 7.86. The highest BCUT2D eigenvalue weighted by atomic mass is 79.9. The van der Waals surface area contributed by atoms with Crippen molar-refractivity contribution < 1.29 is 14.3 Å². The van der Waals surface area contributed by atoms with Crippen LogP contribution in [0.2, 0.25) is 0 Å². The minimum Gasteiger partial charge on any atom is -0.454 e. The summed E-state index contributed by atoms with van der Waals surface area (Å²) in [5.41, 5.74) is 1.27. The van der Waals surface area contributed by atoms with Gasteiger partial charge in [-0.3, -0.25) is 4.79 Å². The van der Waals surface area contributed by atoms with Crippen LogP contribution in [0.25, 0.3) is 5.69 Å². The first-order valence-corrected chi connectivity index (χ1v) is 8.66. The zero-order valence-corrected chi connectivity index (χ0v) is 15.3. The Balaban J connectivity index is 1.55. The Kier molecular flexibility index (Phi) is 4.29. The van der Waals surface area contributed by atoms with Crippen molar-refractivity contribution in [2.45, 2.75) is 13.0 Å². The summed E-state index contributed by atoms with van der Waals surface area (Å²) in [6, 6.07) is 12.2. The predicted molar refractivity (Wildman–Crippen MR) is 95.3 cm³/mol. The van der Waals surface area contributed by atoms with Crippen LogP contribution < -0.4 is 14.8 Å². The highest BCUT2D eigenvalue weighted by Crippen LogP contribution is 2.32. The minimum atomic E-state index is -0.401. The Morgan fingerprint density at radius 3 is 2.92 bits per heavy atom. The van der Waals surface area contributed by atoms with Crippen LogP contribution in [0.1, 0.15) is 29.1 Å². The molecule has 8 nitrogen and oxygen atoms in total. The van der Waals surface area contributed by atoms with E-state index in [2.05, 4.69) is 36.8 Å². The lowest BCUT2D eigenvalue weighted by Crippen LogP contribution is -2.28. The molecule has 0 radical (unpaired) electrons. The maximum atomic E-state index is 12.6. The van der Waals surface area contributed by atoms with Gasteiger partial charge in [0.15, 0.2) is 17.3 Å². The molecular formula is C17H14BrN5O3. The van der Waals surface area contributed by atoms with E-state index in [9.17, 15) is 4.79 Å². The number of benzene rings is 2. The predicted octanol–water partition coefficient (Wildman–Crippen LogP) is 2.64. The van der Waals surface area contributed by atoms with Crippen LogP contribution in [0, 0.1) is 0 Å². The second-order valence-corrected chi connectivity index (χ2v) is 6.61. The molecule has 0 saturated heterocycles. The Morgan fingerprint density at radius 1 is 1.23 bits per heavy atom. The number of rotatable bonds is 4. The average Bonchev–Trinajstić information content (AvgIpc) is 3.30. The molecule has 3 aromatic rings. The molecule has 4 rings (SSSR count). The van der Waals surface area contributed by atoms with Gasteiger partial charge in [0, 0.05) is 10.0 Å². The van der Waals surface area contributed by atoms with Crippen molar-refractivity contribution in [2.75, 3.05) is 6.79 Å². The molecule has 1 aliphatic rings. The monoisotopic (exact) mass is 415 g/mol. The number of carbonyl (C=O) groups excluding carboxylic acids is 1. The van der Waals surface area contributed by atoms with E-state index < -0.39 is 6.04 Å². The van der Waals surface area contributed by atoms with Crippen LogP contribution in [0.4, 0.5) is 0 Å². The van der Waals surface area contributed by atoms with Gasteiger partial charge in [-0.05, 0) is 53.7 Å². The molecule has 0 bridgehead atoms. The number of tetrazole rings is 1. The first-order chi connectivity index (χ1) is 12.6. The van der Waals surface area contributed by atoms with Gasteiger partial charge < -0.3 is 14.8 Å². The summed E-state index contributed by atoms with van der Waals surface area (Å²) < 4.78 is 13.1.